The van der Waals surface area contributed by atoms with E-state index in [1.165, 1.54) is 0 Å². The number of amides is 4. The molecule has 3 heterocycles. The number of nitrogens with zero attached hydrogens (tertiary/aromatic N) is 7. The quantitative estimate of drug-likeness (QED) is 0.0394. The Balaban J connectivity index is 0.868. The van der Waals surface area contributed by atoms with Crippen molar-refractivity contribution in [1.29, 1.82) is 0 Å². The lowest BCUT2D eigenvalue weighted by Crippen LogP contribution is -2.49. The number of ether oxygens (including phenoxy) is 6. The molecular formula is C56H76Cl2N10O14. The number of fused-ring (bicyclic) bond motifs is 3. The van der Waals surface area contributed by atoms with Crippen LogP contribution in [-0.2, 0) is 44.7 Å². The van der Waals surface area contributed by atoms with Gasteiger partial charge in [0, 0.05) is 117 Å². The number of hydrogen-bond acceptors (Lipinski definition) is 17. The number of rotatable bonds is 28. The van der Waals surface area contributed by atoms with E-state index < -0.39 is 23.5 Å². The van der Waals surface area contributed by atoms with E-state index >= 15 is 0 Å². The highest BCUT2D eigenvalue weighted by molar-refractivity contribution is 6.34. The van der Waals surface area contributed by atoms with E-state index in [-0.39, 0.29) is 76.6 Å². The first-order chi connectivity index (χ1) is 39.3. The number of aromatic nitrogens is 2. The Labute approximate surface area is 487 Å². The summed E-state index contributed by atoms with van der Waals surface area (Å²) in [5, 5.41) is 33.0. The number of anilines is 1. The molecule has 0 radical (unpaired) electrons. The normalized spacial score (nSPS) is 14.8. The minimum atomic E-state index is -0.998. The molecule has 4 amide bonds. The highest BCUT2D eigenvalue weighted by atomic mass is 35.5. The Morgan fingerprint density at radius 2 is 1.24 bits per heavy atom. The second-order valence-electron chi connectivity index (χ2n) is 20.4. The lowest BCUT2D eigenvalue weighted by Gasteiger charge is -2.32. The highest BCUT2D eigenvalue weighted by Gasteiger charge is 2.35. The second-order valence-corrected chi connectivity index (χ2v) is 21.3. The zero-order chi connectivity index (χ0) is 59.2. The van der Waals surface area contributed by atoms with Gasteiger partial charge in [0.15, 0.2) is 5.69 Å². The first-order valence-corrected chi connectivity index (χ1v) is 27.8. The van der Waals surface area contributed by atoms with Crippen LogP contribution in [0.1, 0.15) is 36.8 Å². The Morgan fingerprint density at radius 3 is 1.78 bits per heavy atom. The molecule has 0 bridgehead atoms. The molecule has 6 rings (SSSR count). The smallest absolute Gasteiger partial charge is 0.319 e. The minimum absolute atomic E-state index is 0.0687. The molecule has 1 aromatic heterocycles. The van der Waals surface area contributed by atoms with Gasteiger partial charge in [0.05, 0.1) is 97.5 Å². The number of aliphatic carboxylic acids is 2. The van der Waals surface area contributed by atoms with Gasteiger partial charge in [0.25, 0.3) is 5.91 Å². The molecule has 5 N–H and O–H groups in total. The molecule has 3 aromatic carbocycles. The highest BCUT2D eigenvalue weighted by Crippen LogP contribution is 2.47. The van der Waals surface area contributed by atoms with Crippen LogP contribution in [-0.4, -0.2) is 245 Å². The largest absolute Gasteiger partial charge is 0.496 e. The van der Waals surface area contributed by atoms with E-state index in [2.05, 4.69) is 16.0 Å². The molecule has 1 fully saturated rings. The van der Waals surface area contributed by atoms with Gasteiger partial charge in [0.2, 0.25) is 5.91 Å². The van der Waals surface area contributed by atoms with Crippen LogP contribution in [0.15, 0.2) is 54.6 Å². The van der Waals surface area contributed by atoms with Crippen LogP contribution in [0.25, 0.3) is 28.1 Å². The van der Waals surface area contributed by atoms with Gasteiger partial charge >= 0.3 is 18.0 Å². The fourth-order valence-electron chi connectivity index (χ4n) is 8.94. The molecule has 0 saturated carbocycles. The van der Waals surface area contributed by atoms with Crippen LogP contribution in [0.3, 0.4) is 0 Å². The molecule has 82 heavy (non-hydrogen) atoms. The number of halogens is 2. The van der Waals surface area contributed by atoms with Crippen molar-refractivity contribution in [2.75, 3.05) is 164 Å². The predicted octanol–water partition coefficient (Wildman–Crippen LogP) is 4.18. The van der Waals surface area contributed by atoms with E-state index in [1.54, 1.807) is 63.9 Å². The van der Waals surface area contributed by atoms with Crippen molar-refractivity contribution in [3.05, 3.63) is 75.9 Å². The molecule has 0 unspecified atom stereocenters. The van der Waals surface area contributed by atoms with Crippen LogP contribution in [0.5, 0.6) is 11.5 Å². The van der Waals surface area contributed by atoms with Gasteiger partial charge < -0.3 is 64.3 Å². The van der Waals surface area contributed by atoms with Crippen molar-refractivity contribution in [2.45, 2.75) is 32.9 Å². The fourth-order valence-corrected chi connectivity index (χ4v) is 9.46. The van der Waals surface area contributed by atoms with Crippen molar-refractivity contribution in [3.63, 3.8) is 0 Å². The molecule has 1 saturated heterocycles. The molecule has 24 nitrogen and oxygen atoms in total. The number of aldehydes is 1. The lowest BCUT2D eigenvalue weighted by atomic mass is 9.95. The molecule has 448 valence electrons. The van der Waals surface area contributed by atoms with Crippen LogP contribution in [0.4, 0.5) is 10.5 Å². The third-order valence-electron chi connectivity index (χ3n) is 13.5. The van der Waals surface area contributed by atoms with Crippen LogP contribution >= 0.6 is 23.2 Å². The average molecular weight is 1180 g/mol. The number of methoxy groups -OCH3 is 1. The number of benzene rings is 3. The van der Waals surface area contributed by atoms with Crippen molar-refractivity contribution < 1.29 is 67.4 Å². The number of carbonyl (C=O) groups excluding carboxylic acids is 4. The van der Waals surface area contributed by atoms with Crippen molar-refractivity contribution in [2.24, 2.45) is 0 Å². The summed E-state index contributed by atoms with van der Waals surface area (Å²) in [6.45, 7) is 11.9. The first-order valence-electron chi connectivity index (χ1n) is 27.0. The van der Waals surface area contributed by atoms with Crippen molar-refractivity contribution in [1.82, 2.24) is 44.9 Å². The third-order valence-corrected chi connectivity index (χ3v) is 13.9. The van der Waals surface area contributed by atoms with Gasteiger partial charge in [-0.2, -0.15) is 5.10 Å². The third kappa shape index (κ3) is 20.2. The second kappa shape index (κ2) is 32.4. The molecular weight excluding hydrogens is 1110 g/mol. The first kappa shape index (κ1) is 64.7. The molecule has 4 aromatic rings. The fraction of sp³-hybridized carbons (Fsp3) is 0.518. The van der Waals surface area contributed by atoms with Gasteiger partial charge in [-0.05, 0) is 62.7 Å². The monoisotopic (exact) mass is 1180 g/mol. The number of carbonyl (C=O) groups is 6. The zero-order valence-corrected chi connectivity index (χ0v) is 48.7. The number of carboxylic acids is 2. The summed E-state index contributed by atoms with van der Waals surface area (Å²) in [6.07, 6.45) is 0.795. The van der Waals surface area contributed by atoms with Gasteiger partial charge in [-0.15, -0.1) is 0 Å². The van der Waals surface area contributed by atoms with Crippen molar-refractivity contribution >= 4 is 65.0 Å². The van der Waals surface area contributed by atoms with E-state index in [1.807, 2.05) is 54.8 Å². The maximum atomic E-state index is 14.0. The summed E-state index contributed by atoms with van der Waals surface area (Å²) in [6, 6.07) is 15.7. The van der Waals surface area contributed by atoms with E-state index in [9.17, 15) is 39.0 Å². The number of carboxylic acid groups (broad SMARTS) is 2. The van der Waals surface area contributed by atoms with Gasteiger partial charge in [-0.25, -0.2) is 9.48 Å². The Morgan fingerprint density at radius 1 is 0.707 bits per heavy atom. The molecule has 0 spiro atoms. The van der Waals surface area contributed by atoms with Gasteiger partial charge in [-0.3, -0.25) is 38.8 Å². The Bertz CT molecular complexity index is 2780. The predicted molar refractivity (Wildman–Crippen MR) is 308 cm³/mol. The Hall–Kier alpha value is -6.45. The minimum Gasteiger partial charge on any atom is -0.496 e. The lowest BCUT2D eigenvalue weighted by molar-refractivity contribution is -0.140. The van der Waals surface area contributed by atoms with E-state index in [0.717, 1.165) is 11.8 Å². The maximum Gasteiger partial charge on any atom is 0.319 e. The molecule has 0 atom stereocenters. The molecule has 26 heteroatoms. The summed E-state index contributed by atoms with van der Waals surface area (Å²) in [5.41, 5.74) is 4.17. The molecule has 2 aliphatic rings. The zero-order valence-electron chi connectivity index (χ0n) is 47.2. The van der Waals surface area contributed by atoms with Crippen LogP contribution < -0.4 is 25.4 Å². The summed E-state index contributed by atoms with van der Waals surface area (Å²) in [4.78, 5) is 83.2. The van der Waals surface area contributed by atoms with Crippen molar-refractivity contribution in [3.8, 4) is 39.6 Å². The summed E-state index contributed by atoms with van der Waals surface area (Å²) >= 11 is 13.0. The van der Waals surface area contributed by atoms with E-state index in [0.29, 0.717) is 147 Å². The topological polar surface area (TPSA) is 268 Å². The summed E-state index contributed by atoms with van der Waals surface area (Å²) < 4.78 is 36.2. The van der Waals surface area contributed by atoms with E-state index in [4.69, 9.17) is 56.7 Å². The van der Waals surface area contributed by atoms with Crippen LogP contribution in [0, 0.1) is 0 Å². The number of hydrogen-bond donors (Lipinski definition) is 5. The standard InChI is InChI=1S/C56H76Cl2N10O14/c1-56(2,3)63(4)54(75)52-46-38-82-48-34-47(77-5)44(33-45(48)53(46)68(62-52)43-31-40(57)30-41(58)32-43)39-7-6-8-42(29-39)61-55(76)60-10-22-79-24-26-81-28-27-80-25-23-78-21-9-59-49(70)35-65-13-11-64(19-20-69)12-14-66(36-50(71)72)17-18-67(16-15-65)37-51(73)74/h6-8,20,29-34H,9-19,21-28,35-38H2,1-5H3,(H,59,70)(H,71,72)(H,73,74)(H2,60,61,76). The molecule has 0 aliphatic carbocycles. The summed E-state index contributed by atoms with van der Waals surface area (Å²) in [5.74, 6) is -1.43. The van der Waals surface area contributed by atoms with Crippen LogP contribution in [0.2, 0.25) is 10.0 Å². The van der Waals surface area contributed by atoms with Gasteiger partial charge in [-0.1, -0.05) is 35.3 Å². The Kier molecular flexibility index (Phi) is 25.6. The number of urea groups is 1. The van der Waals surface area contributed by atoms with Gasteiger partial charge in [0.1, 0.15) is 24.4 Å². The summed E-state index contributed by atoms with van der Waals surface area (Å²) in [7, 11) is 3.30. The maximum absolute atomic E-state index is 14.0. The molecule has 2 aliphatic heterocycles. The average Bonchev–Trinajstić information content (AvgIpc) is 2.99. The number of nitrogens with one attached hydrogen (secondary N) is 3. The SMILES string of the molecule is COc1cc2c(cc1-c1cccc(NC(=O)NCCOCCOCCOCCOCCNC(=O)CN3CCN(CC=O)CCN(CC(=O)O)CCN(CC(=O)O)CC3)c1)-c1c(c(C(=O)N(C)C(C)(C)C)nn1-c1cc(Cl)cc(Cl)c1)CO2.